The van der Waals surface area contributed by atoms with Crippen molar-refractivity contribution in [1.82, 2.24) is 0 Å². The van der Waals surface area contributed by atoms with E-state index in [-0.39, 0.29) is 64.7 Å². The maximum atomic E-state index is 10.1. The van der Waals surface area contributed by atoms with Gasteiger partial charge in [-0.3, -0.25) is 0 Å². The van der Waals surface area contributed by atoms with Crippen molar-refractivity contribution < 1.29 is 78.9 Å². The first kappa shape index (κ1) is 19.7. The van der Waals surface area contributed by atoms with Gasteiger partial charge in [-0.15, -0.1) is 0 Å². The molecule has 0 unspecified atom stereocenters. The summed E-state index contributed by atoms with van der Waals surface area (Å²) in [5.74, 6) is -1.13. The SMILES string of the molecule is O=C([O-])c1ccccc1.O=C[O-].[Na+].[Na+]. The molecule has 1 aromatic carbocycles. The fourth-order valence-corrected chi connectivity index (χ4v) is 0.574. The Morgan fingerprint density at radius 2 is 1.50 bits per heavy atom. The molecule has 6 heteroatoms. The normalized spacial score (nSPS) is 6.57. The van der Waals surface area contributed by atoms with Gasteiger partial charge in [0.2, 0.25) is 0 Å². The molecule has 0 saturated heterocycles. The second kappa shape index (κ2) is 13.2. The molecule has 0 atom stereocenters. The topological polar surface area (TPSA) is 80.3 Å². The van der Waals surface area contributed by atoms with Gasteiger partial charge in [0.1, 0.15) is 0 Å². The molecule has 0 aromatic heterocycles. The fraction of sp³-hybridized carbons (Fsp3) is 0. The third-order valence-corrected chi connectivity index (χ3v) is 1.01. The minimum absolute atomic E-state index is 0. The zero-order chi connectivity index (χ0) is 9.40. The van der Waals surface area contributed by atoms with Crippen molar-refractivity contribution >= 4 is 12.4 Å². The standard InChI is InChI=1S/C7H6O2.CH2O2.2Na/c8-7(9)6-4-2-1-3-5-6;2-1-3;;/h1-5H,(H,8,9);1H,(H,2,3);;/q;;2*+1/p-2. The van der Waals surface area contributed by atoms with Gasteiger partial charge in [-0.05, 0) is 5.56 Å². The Labute approximate surface area is 126 Å². The molecule has 0 fully saturated rings. The summed E-state index contributed by atoms with van der Waals surface area (Å²) in [7, 11) is 0. The largest absolute Gasteiger partial charge is 1.00 e. The smallest absolute Gasteiger partial charge is 0.554 e. The predicted octanol–water partition coefficient (Wildman–Crippen LogP) is -7.58. The van der Waals surface area contributed by atoms with Crippen LogP contribution in [0.15, 0.2) is 30.3 Å². The van der Waals surface area contributed by atoms with Gasteiger partial charge in [0, 0.05) is 6.47 Å². The van der Waals surface area contributed by atoms with E-state index in [4.69, 9.17) is 9.90 Å². The van der Waals surface area contributed by atoms with Crippen molar-refractivity contribution in [2.75, 3.05) is 0 Å². The van der Waals surface area contributed by atoms with Gasteiger partial charge in [0.15, 0.2) is 0 Å². The Morgan fingerprint density at radius 1 is 1.14 bits per heavy atom. The van der Waals surface area contributed by atoms with E-state index in [0.29, 0.717) is 0 Å². The molecule has 0 bridgehead atoms. The third kappa shape index (κ3) is 10.2. The number of carbonyl (C=O) groups excluding carboxylic acids is 2. The van der Waals surface area contributed by atoms with Crippen LogP contribution >= 0.6 is 0 Å². The Morgan fingerprint density at radius 3 is 1.71 bits per heavy atom. The van der Waals surface area contributed by atoms with Crippen LogP contribution in [0.2, 0.25) is 0 Å². The van der Waals surface area contributed by atoms with Crippen LogP contribution in [0, 0.1) is 0 Å². The summed E-state index contributed by atoms with van der Waals surface area (Å²) in [4.78, 5) is 18.3. The Bertz CT molecular complexity index is 251. The number of rotatable bonds is 1. The third-order valence-electron chi connectivity index (χ3n) is 1.01. The average Bonchev–Trinajstić information content (AvgIpc) is 2.07. The first-order valence-electron chi connectivity index (χ1n) is 3.04. The van der Waals surface area contributed by atoms with Crippen molar-refractivity contribution in [1.29, 1.82) is 0 Å². The second-order valence-corrected chi connectivity index (χ2v) is 1.75. The van der Waals surface area contributed by atoms with Gasteiger partial charge >= 0.3 is 59.1 Å². The molecule has 0 N–H and O–H groups in total. The van der Waals surface area contributed by atoms with Crippen molar-refractivity contribution in [2.24, 2.45) is 0 Å². The van der Waals surface area contributed by atoms with E-state index < -0.39 is 12.4 Å². The van der Waals surface area contributed by atoms with Crippen LogP contribution in [0.3, 0.4) is 0 Å². The molecule has 0 amide bonds. The molecule has 0 saturated carbocycles. The Kier molecular flexibility index (Phi) is 18.5. The average molecular weight is 212 g/mol. The molecule has 64 valence electrons. The van der Waals surface area contributed by atoms with E-state index in [1.54, 1.807) is 18.2 Å². The molecule has 14 heavy (non-hydrogen) atoms. The molecule has 4 nitrogen and oxygen atoms in total. The van der Waals surface area contributed by atoms with Gasteiger partial charge in [0.05, 0.1) is 5.97 Å². The fourth-order valence-electron chi connectivity index (χ4n) is 0.574. The van der Waals surface area contributed by atoms with E-state index in [2.05, 4.69) is 0 Å². The van der Waals surface area contributed by atoms with Gasteiger partial charge in [-0.1, -0.05) is 30.3 Å². The molecule has 0 radical (unpaired) electrons. The summed E-state index contributed by atoms with van der Waals surface area (Å²) in [5, 5.41) is 18.3. The van der Waals surface area contributed by atoms with Crippen molar-refractivity contribution in [3.05, 3.63) is 35.9 Å². The Hall–Kier alpha value is 0.160. The predicted molar refractivity (Wildman–Crippen MR) is 36.8 cm³/mol. The number of hydrogen-bond acceptors (Lipinski definition) is 4. The molecule has 0 heterocycles. The summed E-state index contributed by atoms with van der Waals surface area (Å²) in [5.41, 5.74) is 0.220. The Balaban J connectivity index is -0.000000218. The summed E-state index contributed by atoms with van der Waals surface area (Å²) in [6.07, 6.45) is 0. The van der Waals surface area contributed by atoms with Crippen LogP contribution in [0.25, 0.3) is 0 Å². The maximum Gasteiger partial charge on any atom is 1.00 e. The van der Waals surface area contributed by atoms with Gasteiger partial charge in [-0.25, -0.2) is 0 Å². The first-order valence-corrected chi connectivity index (χ1v) is 3.04. The van der Waals surface area contributed by atoms with Crippen molar-refractivity contribution in [3.8, 4) is 0 Å². The monoisotopic (exact) mass is 212 g/mol. The van der Waals surface area contributed by atoms with E-state index in [0.717, 1.165) is 0 Å². The van der Waals surface area contributed by atoms with Gasteiger partial charge < -0.3 is 19.8 Å². The van der Waals surface area contributed by atoms with Crippen LogP contribution in [-0.2, 0) is 4.79 Å². The van der Waals surface area contributed by atoms with Gasteiger partial charge in [0.25, 0.3) is 0 Å². The number of aromatic carboxylic acids is 1. The van der Waals surface area contributed by atoms with E-state index in [1.807, 2.05) is 0 Å². The second-order valence-electron chi connectivity index (χ2n) is 1.75. The van der Waals surface area contributed by atoms with Crippen molar-refractivity contribution in [3.63, 3.8) is 0 Å². The van der Waals surface area contributed by atoms with Gasteiger partial charge in [-0.2, -0.15) is 0 Å². The van der Waals surface area contributed by atoms with Crippen LogP contribution in [0.5, 0.6) is 0 Å². The number of benzene rings is 1. The number of carboxylic acids is 1. The maximum absolute atomic E-state index is 10.1. The molecule has 0 aliphatic rings. The molecule has 1 aromatic rings. The molecular weight excluding hydrogens is 206 g/mol. The minimum atomic E-state index is -1.13. The number of carboxylic acid groups (broad SMARTS) is 2. The summed E-state index contributed by atoms with van der Waals surface area (Å²) >= 11 is 0. The molecular formula is C8H6Na2O4. The zero-order valence-electron chi connectivity index (χ0n) is 8.10. The minimum Gasteiger partial charge on any atom is -0.554 e. The van der Waals surface area contributed by atoms with Crippen LogP contribution < -0.4 is 69.3 Å². The van der Waals surface area contributed by atoms with E-state index in [9.17, 15) is 9.90 Å². The summed E-state index contributed by atoms with van der Waals surface area (Å²) < 4.78 is 0. The van der Waals surface area contributed by atoms with Crippen LogP contribution in [-0.4, -0.2) is 12.4 Å². The first-order chi connectivity index (χ1) is 5.72. The molecule has 1 rings (SSSR count). The number of carbonyl (C=O) groups is 2. The van der Waals surface area contributed by atoms with Crippen molar-refractivity contribution in [2.45, 2.75) is 0 Å². The quantitative estimate of drug-likeness (QED) is 0.342. The van der Waals surface area contributed by atoms with E-state index in [1.165, 1.54) is 12.1 Å². The molecule has 0 aliphatic heterocycles. The summed E-state index contributed by atoms with van der Waals surface area (Å²) in [6.45, 7) is -0.500. The summed E-state index contributed by atoms with van der Waals surface area (Å²) in [6, 6.07) is 8.06. The van der Waals surface area contributed by atoms with E-state index >= 15 is 0 Å². The zero-order valence-corrected chi connectivity index (χ0v) is 12.1. The van der Waals surface area contributed by atoms with Crippen LogP contribution in [0.1, 0.15) is 10.4 Å². The number of hydrogen-bond donors (Lipinski definition) is 0. The molecule has 0 aliphatic carbocycles. The molecule has 0 spiro atoms. The van der Waals surface area contributed by atoms with Crippen LogP contribution in [0.4, 0.5) is 0 Å².